The Morgan fingerprint density at radius 2 is 1.92 bits per heavy atom. The van der Waals surface area contributed by atoms with Gasteiger partial charge in [-0.15, -0.1) is 0 Å². The molecular formula is C29H36N6O3. The molecule has 9 heteroatoms. The first-order valence-electron chi connectivity index (χ1n) is 13.0. The molecule has 200 valence electrons. The summed E-state index contributed by atoms with van der Waals surface area (Å²) in [5, 5.41) is 6.17. The zero-order valence-corrected chi connectivity index (χ0v) is 22.7. The van der Waals surface area contributed by atoms with Crippen LogP contribution in [-0.4, -0.2) is 48.5 Å². The van der Waals surface area contributed by atoms with Crippen LogP contribution in [0.15, 0.2) is 54.7 Å². The molecule has 4 rings (SSSR count). The van der Waals surface area contributed by atoms with Gasteiger partial charge in [-0.2, -0.15) is 4.98 Å². The molecule has 0 fully saturated rings. The second kappa shape index (κ2) is 11.9. The van der Waals surface area contributed by atoms with Crippen molar-refractivity contribution in [2.45, 2.75) is 46.2 Å². The van der Waals surface area contributed by atoms with Crippen LogP contribution in [0.1, 0.15) is 49.5 Å². The third kappa shape index (κ3) is 5.88. The summed E-state index contributed by atoms with van der Waals surface area (Å²) >= 11 is 0. The van der Waals surface area contributed by atoms with Crippen LogP contribution in [0, 0.1) is 5.92 Å². The topological polar surface area (TPSA) is 99.7 Å². The summed E-state index contributed by atoms with van der Waals surface area (Å²) in [4.78, 5) is 38.8. The van der Waals surface area contributed by atoms with Gasteiger partial charge in [-0.25, -0.2) is 4.98 Å². The molecule has 0 bridgehead atoms. The largest absolute Gasteiger partial charge is 0.495 e. The third-order valence-corrected chi connectivity index (χ3v) is 6.72. The van der Waals surface area contributed by atoms with Crippen LogP contribution >= 0.6 is 0 Å². The van der Waals surface area contributed by atoms with Crippen LogP contribution < -0.4 is 25.2 Å². The molecule has 0 aliphatic carbocycles. The molecule has 9 nitrogen and oxygen atoms in total. The molecule has 1 atom stereocenters. The second-order valence-corrected chi connectivity index (χ2v) is 9.81. The minimum absolute atomic E-state index is 0.0517. The maximum atomic E-state index is 13.0. The van der Waals surface area contributed by atoms with E-state index in [9.17, 15) is 9.59 Å². The lowest BCUT2D eigenvalue weighted by Crippen LogP contribution is -2.53. The van der Waals surface area contributed by atoms with E-state index in [1.807, 2.05) is 37.3 Å². The van der Waals surface area contributed by atoms with Crippen LogP contribution in [0.3, 0.4) is 0 Å². The Kier molecular flexibility index (Phi) is 8.45. The van der Waals surface area contributed by atoms with Gasteiger partial charge in [0.1, 0.15) is 17.5 Å². The number of nitrogens with one attached hydrogen (secondary N) is 2. The Bertz CT molecular complexity index is 1280. The number of methoxy groups -OCH3 is 1. The van der Waals surface area contributed by atoms with Crippen molar-refractivity contribution in [3.05, 3.63) is 65.9 Å². The van der Waals surface area contributed by atoms with E-state index in [0.717, 1.165) is 24.3 Å². The molecule has 0 saturated heterocycles. The summed E-state index contributed by atoms with van der Waals surface area (Å²) in [5.41, 5.74) is 2.83. The third-order valence-electron chi connectivity index (χ3n) is 6.72. The zero-order valence-electron chi connectivity index (χ0n) is 22.7. The number of hydrogen-bond donors (Lipinski definition) is 2. The number of fused-ring (bicyclic) bond motifs is 1. The molecule has 2 aromatic carbocycles. The Hall–Kier alpha value is -4.14. The van der Waals surface area contributed by atoms with E-state index < -0.39 is 0 Å². The SMILES string of the molecule is CCC1C(=O)N(C)c2cnc(Nc3ccc(C(=O)NCc4ccccc4)cc3OC)nc2N1CCC(C)C. The molecule has 1 aliphatic heterocycles. The van der Waals surface area contributed by atoms with Gasteiger partial charge in [0.25, 0.3) is 5.91 Å². The van der Waals surface area contributed by atoms with Crippen LogP contribution in [0.2, 0.25) is 0 Å². The van der Waals surface area contributed by atoms with Gasteiger partial charge in [-0.3, -0.25) is 9.59 Å². The fourth-order valence-electron chi connectivity index (χ4n) is 4.49. The lowest BCUT2D eigenvalue weighted by molar-refractivity contribution is -0.120. The first-order valence-corrected chi connectivity index (χ1v) is 13.0. The van der Waals surface area contributed by atoms with Crippen LogP contribution in [0.25, 0.3) is 0 Å². The van der Waals surface area contributed by atoms with Crippen molar-refractivity contribution >= 4 is 35.0 Å². The fourth-order valence-corrected chi connectivity index (χ4v) is 4.49. The number of ether oxygens (including phenoxy) is 1. The van der Waals surface area contributed by atoms with Gasteiger partial charge < -0.3 is 25.2 Å². The summed E-state index contributed by atoms with van der Waals surface area (Å²) in [6.45, 7) is 7.53. The van der Waals surface area contributed by atoms with E-state index in [4.69, 9.17) is 9.72 Å². The van der Waals surface area contributed by atoms with E-state index >= 15 is 0 Å². The van der Waals surface area contributed by atoms with E-state index in [2.05, 4.69) is 34.4 Å². The molecule has 1 unspecified atom stereocenters. The number of aromatic nitrogens is 2. The molecule has 38 heavy (non-hydrogen) atoms. The summed E-state index contributed by atoms with van der Waals surface area (Å²) in [6.07, 6.45) is 3.31. The maximum Gasteiger partial charge on any atom is 0.251 e. The summed E-state index contributed by atoms with van der Waals surface area (Å²) < 4.78 is 5.57. The average Bonchev–Trinajstić information content (AvgIpc) is 2.93. The maximum absolute atomic E-state index is 13.0. The monoisotopic (exact) mass is 516 g/mol. The highest BCUT2D eigenvalue weighted by atomic mass is 16.5. The number of carbonyl (C=O) groups excluding carboxylic acids is 2. The number of nitrogens with zero attached hydrogens (tertiary/aromatic N) is 4. The highest BCUT2D eigenvalue weighted by molar-refractivity contribution is 6.04. The smallest absolute Gasteiger partial charge is 0.251 e. The number of likely N-dealkylation sites (N-methyl/N-ethyl adjacent to an activating group) is 1. The molecule has 1 aromatic heterocycles. The zero-order chi connectivity index (χ0) is 27.2. The molecule has 0 saturated carbocycles. The molecule has 2 amide bonds. The van der Waals surface area contributed by atoms with Gasteiger partial charge >= 0.3 is 0 Å². The summed E-state index contributed by atoms with van der Waals surface area (Å²) in [5.74, 6) is 1.97. The van der Waals surface area contributed by atoms with Gasteiger partial charge in [-0.05, 0) is 42.5 Å². The van der Waals surface area contributed by atoms with Crippen LogP contribution in [0.4, 0.5) is 23.1 Å². The van der Waals surface area contributed by atoms with E-state index in [1.165, 1.54) is 0 Å². The van der Waals surface area contributed by atoms with Gasteiger partial charge in [0.05, 0.1) is 19.0 Å². The van der Waals surface area contributed by atoms with Crippen molar-refractivity contribution in [1.29, 1.82) is 0 Å². The van der Waals surface area contributed by atoms with Gasteiger partial charge in [0.2, 0.25) is 11.9 Å². The number of rotatable bonds is 10. The predicted octanol–water partition coefficient (Wildman–Crippen LogP) is 4.77. The number of benzene rings is 2. The molecule has 2 heterocycles. The van der Waals surface area contributed by atoms with Gasteiger partial charge in [0, 0.05) is 25.7 Å². The molecule has 0 spiro atoms. The van der Waals surface area contributed by atoms with Crippen LogP contribution in [-0.2, 0) is 11.3 Å². The Labute approximate surface area is 224 Å². The minimum atomic E-state index is -0.266. The van der Waals surface area contributed by atoms with Crippen molar-refractivity contribution in [3.63, 3.8) is 0 Å². The average molecular weight is 517 g/mol. The Morgan fingerprint density at radius 1 is 1.16 bits per heavy atom. The van der Waals surface area contributed by atoms with Gasteiger partial charge in [-0.1, -0.05) is 51.1 Å². The molecule has 3 aromatic rings. The van der Waals surface area contributed by atoms with Crippen LogP contribution in [0.5, 0.6) is 5.75 Å². The van der Waals surface area contributed by atoms with Crippen molar-refractivity contribution in [2.75, 3.05) is 35.8 Å². The van der Waals surface area contributed by atoms with Crippen molar-refractivity contribution in [3.8, 4) is 5.75 Å². The minimum Gasteiger partial charge on any atom is -0.495 e. The Morgan fingerprint density at radius 3 is 2.61 bits per heavy atom. The highest BCUT2D eigenvalue weighted by Gasteiger charge is 2.36. The quantitative estimate of drug-likeness (QED) is 0.401. The number of hydrogen-bond acceptors (Lipinski definition) is 7. The fraction of sp³-hybridized carbons (Fsp3) is 0.379. The van der Waals surface area contributed by atoms with E-state index in [-0.39, 0.29) is 17.9 Å². The molecule has 0 radical (unpaired) electrons. The number of carbonyl (C=O) groups is 2. The first kappa shape index (κ1) is 26.9. The molecule has 2 N–H and O–H groups in total. The Balaban J connectivity index is 1.56. The van der Waals surface area contributed by atoms with Crippen molar-refractivity contribution in [2.24, 2.45) is 5.92 Å². The first-order chi connectivity index (χ1) is 18.3. The van der Waals surface area contributed by atoms with Crippen molar-refractivity contribution < 1.29 is 14.3 Å². The van der Waals surface area contributed by atoms with E-state index in [0.29, 0.717) is 47.5 Å². The number of amides is 2. The standard InChI is InChI=1S/C29H36N6O3/c1-6-23-28(37)34(4)24-18-31-29(33-26(24)35(23)15-14-19(2)3)32-22-13-12-21(16-25(22)38-5)27(36)30-17-20-10-8-7-9-11-20/h7-13,16,18-19,23H,6,14-15,17H2,1-5H3,(H,30,36)(H,31,32,33). The lowest BCUT2D eigenvalue weighted by Gasteiger charge is -2.40. The number of anilines is 4. The van der Waals surface area contributed by atoms with Gasteiger partial charge in [0.15, 0.2) is 5.82 Å². The summed E-state index contributed by atoms with van der Waals surface area (Å²) in [6, 6.07) is 14.7. The second-order valence-electron chi connectivity index (χ2n) is 9.81. The highest BCUT2D eigenvalue weighted by Crippen LogP contribution is 2.36. The summed E-state index contributed by atoms with van der Waals surface area (Å²) in [7, 11) is 3.32. The molecule has 1 aliphatic rings. The predicted molar refractivity (Wildman–Crippen MR) is 150 cm³/mol. The van der Waals surface area contributed by atoms with E-state index in [1.54, 1.807) is 43.5 Å². The van der Waals surface area contributed by atoms with Crippen molar-refractivity contribution in [1.82, 2.24) is 15.3 Å². The molecular weight excluding hydrogens is 480 g/mol. The normalized spacial score (nSPS) is 14.9. The lowest BCUT2D eigenvalue weighted by atomic mass is 10.0.